The molecule has 0 unspecified atom stereocenters. The molecule has 7 heteroatoms. The van der Waals surface area contributed by atoms with E-state index < -0.39 is 11.1 Å². The Morgan fingerprint density at radius 2 is 1.81 bits per heavy atom. The Morgan fingerprint density at radius 1 is 1.09 bits per heavy atom. The molecule has 2 heterocycles. The first-order valence-electron chi connectivity index (χ1n) is 12.3. The second-order valence-corrected chi connectivity index (χ2v) is 10.2. The van der Waals surface area contributed by atoms with Crippen LogP contribution in [0.4, 0.5) is 4.79 Å². The number of amides is 1. The molecule has 0 spiro atoms. The number of ether oxygens (including phenoxy) is 1. The van der Waals surface area contributed by atoms with Crippen LogP contribution in [0, 0.1) is 5.92 Å². The summed E-state index contributed by atoms with van der Waals surface area (Å²) in [5, 5.41) is 6.76. The minimum atomic E-state index is -0.830. The molecule has 32 heavy (non-hydrogen) atoms. The van der Waals surface area contributed by atoms with Crippen LogP contribution < -0.4 is 10.6 Å². The van der Waals surface area contributed by atoms with Gasteiger partial charge in [0.25, 0.3) is 0 Å². The maximum Gasteiger partial charge on any atom is 0.410 e. The van der Waals surface area contributed by atoms with E-state index in [0.29, 0.717) is 13.0 Å². The zero-order valence-electron chi connectivity index (χ0n) is 20.7. The van der Waals surface area contributed by atoms with Crippen LogP contribution in [0.3, 0.4) is 0 Å². The molecule has 2 rings (SSSR count). The fraction of sp³-hybridized carbons (Fsp3) is 0.800. The van der Waals surface area contributed by atoms with Crippen molar-refractivity contribution in [3.8, 4) is 0 Å². The highest BCUT2D eigenvalue weighted by Gasteiger charge is 2.47. The van der Waals surface area contributed by atoms with Crippen molar-refractivity contribution in [1.29, 1.82) is 0 Å². The Hall–Kier alpha value is -1.73. The SMILES string of the molecule is CC(C)N[C@]12CCN(C1)C(=O)OCC=CCCCCCC[C@@](C)(C(=O)C(C)C)NCC2=O. The van der Waals surface area contributed by atoms with Crippen molar-refractivity contribution in [2.45, 2.75) is 96.7 Å². The van der Waals surface area contributed by atoms with Crippen LogP contribution in [0.25, 0.3) is 0 Å². The number of allylic oxidation sites excluding steroid dienone is 1. The molecule has 2 atom stereocenters. The number of nitrogens with one attached hydrogen (secondary N) is 2. The van der Waals surface area contributed by atoms with Crippen LogP contribution in [0.2, 0.25) is 0 Å². The number of nitrogens with zero attached hydrogens (tertiary/aromatic N) is 1. The predicted octanol–water partition coefficient (Wildman–Crippen LogP) is 3.62. The summed E-state index contributed by atoms with van der Waals surface area (Å²) in [6.45, 7) is 10.9. The third kappa shape index (κ3) is 7.14. The summed E-state index contributed by atoms with van der Waals surface area (Å²) in [6, 6.07) is 0.0828. The molecule has 1 amide bonds. The number of hydrogen-bond acceptors (Lipinski definition) is 6. The van der Waals surface area contributed by atoms with Crippen LogP contribution in [-0.4, -0.2) is 65.9 Å². The third-order valence-corrected chi connectivity index (χ3v) is 6.60. The van der Waals surface area contributed by atoms with Gasteiger partial charge < -0.3 is 15.0 Å². The summed E-state index contributed by atoms with van der Waals surface area (Å²) < 4.78 is 5.39. The molecule has 2 bridgehead atoms. The van der Waals surface area contributed by atoms with Crippen LogP contribution in [0.15, 0.2) is 12.2 Å². The van der Waals surface area contributed by atoms with E-state index in [0.717, 1.165) is 38.5 Å². The summed E-state index contributed by atoms with van der Waals surface area (Å²) in [5.41, 5.74) is -1.56. The Morgan fingerprint density at radius 3 is 2.50 bits per heavy atom. The van der Waals surface area contributed by atoms with Gasteiger partial charge in [0.05, 0.1) is 17.6 Å². The van der Waals surface area contributed by atoms with E-state index in [1.165, 1.54) is 0 Å². The third-order valence-electron chi connectivity index (χ3n) is 6.60. The van der Waals surface area contributed by atoms with Gasteiger partial charge >= 0.3 is 6.09 Å². The topological polar surface area (TPSA) is 87.7 Å². The maximum atomic E-state index is 13.5. The quantitative estimate of drug-likeness (QED) is 0.638. The van der Waals surface area contributed by atoms with Gasteiger partial charge in [-0.1, -0.05) is 45.3 Å². The van der Waals surface area contributed by atoms with Gasteiger partial charge in [0.15, 0.2) is 11.6 Å². The highest BCUT2D eigenvalue weighted by atomic mass is 16.6. The van der Waals surface area contributed by atoms with Crippen molar-refractivity contribution in [2.24, 2.45) is 5.92 Å². The van der Waals surface area contributed by atoms with Crippen molar-refractivity contribution in [2.75, 3.05) is 26.2 Å². The number of rotatable bonds is 4. The number of ketones is 2. The molecule has 1 saturated heterocycles. The van der Waals surface area contributed by atoms with Crippen molar-refractivity contribution in [1.82, 2.24) is 15.5 Å². The lowest BCUT2D eigenvalue weighted by Crippen LogP contribution is -2.61. The molecule has 7 nitrogen and oxygen atoms in total. The second kappa shape index (κ2) is 11.9. The average molecular weight is 450 g/mol. The Bertz CT molecular complexity index is 691. The van der Waals surface area contributed by atoms with Crippen molar-refractivity contribution < 1.29 is 19.1 Å². The largest absolute Gasteiger partial charge is 0.445 e. The highest BCUT2D eigenvalue weighted by Crippen LogP contribution is 2.26. The first-order valence-corrected chi connectivity index (χ1v) is 12.3. The summed E-state index contributed by atoms with van der Waals surface area (Å²) in [5.74, 6) is 0.0283. The summed E-state index contributed by atoms with van der Waals surface area (Å²) in [7, 11) is 0. The number of cyclic esters (lactones) is 1. The van der Waals surface area contributed by atoms with Gasteiger partial charge in [0.1, 0.15) is 6.61 Å². The molecular weight excluding hydrogens is 406 g/mol. The minimum Gasteiger partial charge on any atom is -0.445 e. The molecule has 0 saturated carbocycles. The summed E-state index contributed by atoms with van der Waals surface area (Å²) >= 11 is 0. The van der Waals surface area contributed by atoms with Crippen LogP contribution in [-0.2, 0) is 14.3 Å². The fourth-order valence-electron chi connectivity index (χ4n) is 4.82. The smallest absolute Gasteiger partial charge is 0.410 e. The molecule has 0 aromatic rings. The Kier molecular flexibility index (Phi) is 9.89. The first kappa shape index (κ1) is 26.5. The van der Waals surface area contributed by atoms with Crippen molar-refractivity contribution >= 4 is 17.7 Å². The summed E-state index contributed by atoms with van der Waals surface area (Å²) in [4.78, 5) is 40.7. The van der Waals surface area contributed by atoms with E-state index in [9.17, 15) is 14.4 Å². The van der Waals surface area contributed by atoms with Crippen molar-refractivity contribution in [3.63, 3.8) is 0 Å². The molecule has 0 aliphatic carbocycles. The van der Waals surface area contributed by atoms with Crippen LogP contribution >= 0.6 is 0 Å². The molecule has 2 N–H and O–H groups in total. The zero-order valence-corrected chi connectivity index (χ0v) is 20.7. The molecule has 2 aliphatic heterocycles. The minimum absolute atomic E-state index is 0.00899. The first-order chi connectivity index (χ1) is 15.1. The Labute approximate surface area is 193 Å². The number of Topliss-reactive ketones (excluding diaryl/α,β-unsaturated/α-hetero) is 2. The maximum absolute atomic E-state index is 13.5. The second-order valence-electron chi connectivity index (χ2n) is 10.2. The van der Waals surface area contributed by atoms with Gasteiger partial charge in [-0.15, -0.1) is 0 Å². The van der Waals surface area contributed by atoms with E-state index in [-0.39, 0.29) is 49.3 Å². The molecular formula is C25H43N3O4. The number of hydrogen-bond donors (Lipinski definition) is 2. The van der Waals surface area contributed by atoms with Gasteiger partial charge in [0, 0.05) is 25.0 Å². The zero-order chi connectivity index (χ0) is 23.8. The predicted molar refractivity (Wildman–Crippen MR) is 127 cm³/mol. The molecule has 182 valence electrons. The van der Waals surface area contributed by atoms with E-state index in [1.807, 2.05) is 40.7 Å². The van der Waals surface area contributed by atoms with E-state index in [1.54, 1.807) is 4.90 Å². The fourth-order valence-corrected chi connectivity index (χ4v) is 4.82. The normalized spacial score (nSPS) is 29.2. The lowest BCUT2D eigenvalue weighted by molar-refractivity contribution is -0.129. The summed E-state index contributed by atoms with van der Waals surface area (Å²) in [6.07, 6.45) is 9.92. The van der Waals surface area contributed by atoms with Crippen molar-refractivity contribution in [3.05, 3.63) is 12.2 Å². The van der Waals surface area contributed by atoms with Crippen LogP contribution in [0.5, 0.6) is 0 Å². The van der Waals surface area contributed by atoms with E-state index in [2.05, 4.69) is 16.7 Å². The van der Waals surface area contributed by atoms with Gasteiger partial charge in [-0.05, 0) is 46.5 Å². The van der Waals surface area contributed by atoms with Gasteiger partial charge in [-0.3, -0.25) is 14.9 Å². The lowest BCUT2D eigenvalue weighted by Gasteiger charge is -2.35. The van der Waals surface area contributed by atoms with E-state index in [4.69, 9.17) is 4.74 Å². The molecule has 1 fully saturated rings. The monoisotopic (exact) mass is 449 g/mol. The number of fused-ring (bicyclic) bond motifs is 2. The van der Waals surface area contributed by atoms with E-state index >= 15 is 0 Å². The number of carbonyl (C=O) groups excluding carboxylic acids is 3. The number of carbonyl (C=O) groups is 3. The molecule has 0 radical (unpaired) electrons. The van der Waals surface area contributed by atoms with Gasteiger partial charge in [-0.25, -0.2) is 4.79 Å². The van der Waals surface area contributed by atoms with Crippen LogP contribution in [0.1, 0.15) is 79.6 Å². The van der Waals surface area contributed by atoms with Gasteiger partial charge in [-0.2, -0.15) is 0 Å². The molecule has 0 aromatic heterocycles. The molecule has 2 aliphatic rings. The highest BCUT2D eigenvalue weighted by molar-refractivity contribution is 5.94. The standard InChI is InChI=1S/C25H43N3O4/c1-19(2)22(30)24(5)13-11-9-7-6-8-10-12-16-32-23(31)28-15-14-25(18-28,27-20(3)4)21(29)17-26-24/h10,12,19-20,26-27H,6-9,11,13-18H2,1-5H3/t24-,25+/m0/s1. The van der Waals surface area contributed by atoms with Gasteiger partial charge in [0.2, 0.25) is 0 Å². The average Bonchev–Trinajstić information content (AvgIpc) is 3.16. The molecule has 0 aromatic carbocycles. The Balaban J connectivity index is 2.24. The lowest BCUT2D eigenvalue weighted by atomic mass is 9.83.